The first-order chi connectivity index (χ1) is 7.77. The fourth-order valence-corrected chi connectivity index (χ4v) is 1.90. The average Bonchev–Trinajstić information content (AvgIpc) is 2.95. The van der Waals surface area contributed by atoms with Crippen molar-refractivity contribution in [3.8, 4) is 0 Å². The number of hydrogen-bond donors (Lipinski definition) is 2. The van der Waals surface area contributed by atoms with Crippen LogP contribution < -0.4 is 5.32 Å². The summed E-state index contributed by atoms with van der Waals surface area (Å²) in [6.45, 7) is 0.153. The molecule has 2 N–H and O–H groups in total. The Morgan fingerprint density at radius 2 is 2.50 bits per heavy atom. The Labute approximate surface area is 95.7 Å². The van der Waals surface area contributed by atoms with E-state index < -0.39 is 6.10 Å². The molecule has 0 fully saturated rings. The SMILES string of the molecule is O=C(NCC(O)c1cccs1)c1ccno1. The maximum Gasteiger partial charge on any atom is 0.289 e. The quantitative estimate of drug-likeness (QED) is 0.839. The number of aromatic nitrogens is 1. The number of carbonyl (C=O) groups excluding carboxylic acids is 1. The van der Waals surface area contributed by atoms with Gasteiger partial charge in [0, 0.05) is 17.5 Å². The molecule has 0 aliphatic carbocycles. The second kappa shape index (κ2) is 4.91. The standard InChI is InChI=1S/C10H10N2O3S/c13-7(9-2-1-5-16-9)6-11-10(14)8-3-4-12-15-8/h1-5,7,13H,6H2,(H,11,14). The third kappa shape index (κ3) is 2.47. The van der Waals surface area contributed by atoms with Crippen molar-refractivity contribution in [3.63, 3.8) is 0 Å². The summed E-state index contributed by atoms with van der Waals surface area (Å²) in [5.41, 5.74) is 0. The summed E-state index contributed by atoms with van der Waals surface area (Å²) in [5, 5.41) is 17.6. The molecule has 2 heterocycles. The Morgan fingerprint density at radius 1 is 1.62 bits per heavy atom. The van der Waals surface area contributed by atoms with Crippen molar-refractivity contribution in [1.82, 2.24) is 10.5 Å². The van der Waals surface area contributed by atoms with Crippen LogP contribution in [-0.2, 0) is 0 Å². The van der Waals surface area contributed by atoms with Gasteiger partial charge < -0.3 is 14.9 Å². The zero-order valence-corrected chi connectivity index (χ0v) is 9.11. The Morgan fingerprint density at radius 3 is 3.12 bits per heavy atom. The minimum Gasteiger partial charge on any atom is -0.386 e. The number of nitrogens with zero attached hydrogens (tertiary/aromatic N) is 1. The van der Waals surface area contributed by atoms with E-state index in [9.17, 15) is 9.90 Å². The highest BCUT2D eigenvalue weighted by molar-refractivity contribution is 7.10. The molecule has 16 heavy (non-hydrogen) atoms. The number of amides is 1. The number of thiophene rings is 1. The third-order valence-corrected chi connectivity index (χ3v) is 2.96. The molecule has 0 spiro atoms. The number of hydrogen-bond acceptors (Lipinski definition) is 5. The van der Waals surface area contributed by atoms with Crippen LogP contribution in [-0.4, -0.2) is 22.7 Å². The largest absolute Gasteiger partial charge is 0.386 e. The Kier molecular flexibility index (Phi) is 3.33. The molecule has 6 heteroatoms. The van der Waals surface area contributed by atoms with Gasteiger partial charge in [-0.05, 0) is 11.4 Å². The molecular formula is C10H10N2O3S. The average molecular weight is 238 g/mol. The van der Waals surface area contributed by atoms with Gasteiger partial charge in [-0.15, -0.1) is 11.3 Å². The molecule has 1 amide bonds. The second-order valence-electron chi connectivity index (χ2n) is 3.12. The van der Waals surface area contributed by atoms with E-state index in [-0.39, 0.29) is 18.2 Å². The van der Waals surface area contributed by atoms with Gasteiger partial charge in [0.25, 0.3) is 5.91 Å². The number of aliphatic hydroxyl groups is 1. The molecule has 0 radical (unpaired) electrons. The van der Waals surface area contributed by atoms with Gasteiger partial charge in [0.15, 0.2) is 0 Å². The van der Waals surface area contributed by atoms with E-state index in [1.165, 1.54) is 23.6 Å². The van der Waals surface area contributed by atoms with Crippen molar-refractivity contribution in [1.29, 1.82) is 0 Å². The van der Waals surface area contributed by atoms with Crippen molar-refractivity contribution in [3.05, 3.63) is 40.4 Å². The predicted octanol–water partition coefficient (Wildman–Crippen LogP) is 1.20. The van der Waals surface area contributed by atoms with Crippen molar-refractivity contribution in [2.45, 2.75) is 6.10 Å². The monoisotopic (exact) mass is 238 g/mol. The zero-order chi connectivity index (χ0) is 11.4. The topological polar surface area (TPSA) is 75.4 Å². The molecule has 0 aromatic carbocycles. The molecule has 0 aliphatic rings. The van der Waals surface area contributed by atoms with Crippen LogP contribution in [0.25, 0.3) is 0 Å². The zero-order valence-electron chi connectivity index (χ0n) is 8.29. The Hall–Kier alpha value is -1.66. The van der Waals surface area contributed by atoms with Crippen molar-refractivity contribution >= 4 is 17.2 Å². The fraction of sp³-hybridized carbons (Fsp3) is 0.200. The molecule has 2 aromatic heterocycles. The molecule has 2 rings (SSSR count). The van der Waals surface area contributed by atoms with E-state index >= 15 is 0 Å². The predicted molar refractivity (Wildman–Crippen MR) is 58.1 cm³/mol. The van der Waals surface area contributed by atoms with E-state index in [2.05, 4.69) is 15.0 Å². The summed E-state index contributed by atoms with van der Waals surface area (Å²) in [6.07, 6.45) is 0.705. The van der Waals surface area contributed by atoms with Gasteiger partial charge in [-0.1, -0.05) is 11.2 Å². The summed E-state index contributed by atoms with van der Waals surface area (Å²) in [5.74, 6) is -0.244. The van der Waals surface area contributed by atoms with Crippen LogP contribution in [0.15, 0.2) is 34.3 Å². The lowest BCUT2D eigenvalue weighted by atomic mass is 10.3. The normalized spacial score (nSPS) is 12.3. The van der Waals surface area contributed by atoms with E-state index in [0.717, 1.165) is 4.88 Å². The summed E-state index contributed by atoms with van der Waals surface area (Å²) >= 11 is 1.44. The van der Waals surface area contributed by atoms with Gasteiger partial charge in [0.2, 0.25) is 5.76 Å². The van der Waals surface area contributed by atoms with Crippen molar-refractivity contribution < 1.29 is 14.4 Å². The van der Waals surface area contributed by atoms with Crippen molar-refractivity contribution in [2.24, 2.45) is 0 Å². The highest BCUT2D eigenvalue weighted by Crippen LogP contribution is 2.17. The number of aliphatic hydroxyl groups excluding tert-OH is 1. The first kappa shape index (κ1) is 10.8. The molecule has 0 bridgehead atoms. The summed E-state index contributed by atoms with van der Waals surface area (Å²) in [4.78, 5) is 12.2. The van der Waals surface area contributed by atoms with Crippen LogP contribution >= 0.6 is 11.3 Å². The number of nitrogens with one attached hydrogen (secondary N) is 1. The summed E-state index contributed by atoms with van der Waals surface area (Å²) < 4.78 is 4.68. The minimum absolute atomic E-state index is 0.137. The van der Waals surface area contributed by atoms with Crippen LogP contribution in [0.5, 0.6) is 0 Å². The number of rotatable bonds is 4. The number of carbonyl (C=O) groups is 1. The molecule has 1 atom stereocenters. The highest BCUT2D eigenvalue weighted by Gasteiger charge is 2.13. The van der Waals surface area contributed by atoms with Gasteiger partial charge in [0.1, 0.15) is 6.10 Å². The molecule has 0 saturated carbocycles. The molecular weight excluding hydrogens is 228 g/mol. The van der Waals surface area contributed by atoms with Gasteiger partial charge in [-0.2, -0.15) is 0 Å². The molecule has 5 nitrogen and oxygen atoms in total. The lowest BCUT2D eigenvalue weighted by Gasteiger charge is -2.08. The van der Waals surface area contributed by atoms with Gasteiger partial charge >= 0.3 is 0 Å². The van der Waals surface area contributed by atoms with Crippen LogP contribution in [0.1, 0.15) is 21.5 Å². The van der Waals surface area contributed by atoms with E-state index in [1.54, 1.807) is 0 Å². The molecule has 0 aliphatic heterocycles. The Balaban J connectivity index is 1.86. The molecule has 0 saturated heterocycles. The molecule has 1 unspecified atom stereocenters. The Bertz CT molecular complexity index is 439. The van der Waals surface area contributed by atoms with E-state index in [4.69, 9.17) is 0 Å². The van der Waals surface area contributed by atoms with Gasteiger partial charge in [0.05, 0.1) is 6.20 Å². The van der Waals surface area contributed by atoms with E-state index in [1.807, 2.05) is 17.5 Å². The maximum absolute atomic E-state index is 11.4. The lowest BCUT2D eigenvalue weighted by Crippen LogP contribution is -2.27. The smallest absolute Gasteiger partial charge is 0.289 e. The van der Waals surface area contributed by atoms with Crippen LogP contribution in [0.2, 0.25) is 0 Å². The van der Waals surface area contributed by atoms with Crippen LogP contribution in [0.4, 0.5) is 0 Å². The maximum atomic E-state index is 11.4. The third-order valence-electron chi connectivity index (χ3n) is 1.99. The summed E-state index contributed by atoms with van der Waals surface area (Å²) in [7, 11) is 0. The minimum atomic E-state index is -0.688. The summed E-state index contributed by atoms with van der Waals surface area (Å²) in [6, 6.07) is 5.13. The van der Waals surface area contributed by atoms with E-state index in [0.29, 0.717) is 0 Å². The van der Waals surface area contributed by atoms with Gasteiger partial charge in [-0.3, -0.25) is 4.79 Å². The first-order valence-corrected chi connectivity index (χ1v) is 5.55. The van der Waals surface area contributed by atoms with Gasteiger partial charge in [-0.25, -0.2) is 0 Å². The van der Waals surface area contributed by atoms with Crippen LogP contribution in [0, 0.1) is 0 Å². The fourth-order valence-electron chi connectivity index (χ4n) is 1.19. The molecule has 2 aromatic rings. The molecule has 84 valence electrons. The highest BCUT2D eigenvalue weighted by atomic mass is 32.1. The second-order valence-corrected chi connectivity index (χ2v) is 4.10. The lowest BCUT2D eigenvalue weighted by molar-refractivity contribution is 0.0881. The van der Waals surface area contributed by atoms with Crippen LogP contribution in [0.3, 0.4) is 0 Å². The first-order valence-electron chi connectivity index (χ1n) is 4.67. The van der Waals surface area contributed by atoms with Crippen molar-refractivity contribution in [2.75, 3.05) is 6.54 Å².